The van der Waals surface area contributed by atoms with E-state index in [0.29, 0.717) is 12.4 Å². The Labute approximate surface area is 68.6 Å². The Morgan fingerprint density at radius 1 is 1.91 bits per heavy atom. The molecule has 5 heteroatoms. The summed E-state index contributed by atoms with van der Waals surface area (Å²) >= 11 is 1.32. The van der Waals surface area contributed by atoms with E-state index in [1.54, 1.807) is 5.38 Å². The minimum atomic E-state index is -0.230. The van der Waals surface area contributed by atoms with E-state index in [1.165, 1.54) is 11.3 Å². The Bertz CT molecular complexity index is 222. The summed E-state index contributed by atoms with van der Waals surface area (Å²) in [6.07, 6.45) is 0. The first kappa shape index (κ1) is 8.00. The molecule has 0 unspecified atom stereocenters. The number of rotatable bonds is 2. The highest BCUT2D eigenvalue weighted by atomic mass is 32.1. The summed E-state index contributed by atoms with van der Waals surface area (Å²) in [5, 5.41) is 6.84. The first-order valence-corrected chi connectivity index (χ1v) is 4.07. The molecule has 0 aliphatic carbocycles. The maximum atomic E-state index is 10.8. The molecule has 0 bridgehead atoms. The number of thiazole rings is 1. The van der Waals surface area contributed by atoms with Gasteiger partial charge in [-0.25, -0.2) is 9.78 Å². The summed E-state index contributed by atoms with van der Waals surface area (Å²) in [5.41, 5.74) is 2.63. The molecule has 1 radical (unpaired) electrons. The van der Waals surface area contributed by atoms with Crippen molar-refractivity contribution in [2.45, 2.75) is 6.92 Å². The quantitative estimate of drug-likeness (QED) is 0.698. The molecule has 0 spiro atoms. The molecule has 2 N–H and O–H groups in total. The zero-order valence-electron chi connectivity index (χ0n) is 6.05. The smallest absolute Gasteiger partial charge is 0.320 e. The first-order chi connectivity index (χ1) is 5.33. The molecule has 1 rings (SSSR count). The summed E-state index contributed by atoms with van der Waals surface area (Å²) in [7, 11) is 0. The van der Waals surface area contributed by atoms with Gasteiger partial charge in [0.1, 0.15) is 5.82 Å². The summed E-state index contributed by atoms with van der Waals surface area (Å²) in [6.45, 7) is 2.46. The van der Waals surface area contributed by atoms with Crippen molar-refractivity contribution < 1.29 is 4.79 Å². The van der Waals surface area contributed by atoms with E-state index in [1.807, 2.05) is 6.92 Å². The minimum absolute atomic E-state index is 0.230. The number of nitrogens with one attached hydrogen (secondary N) is 2. The first-order valence-electron chi connectivity index (χ1n) is 3.19. The number of carbonyl (C=O) groups is 1. The maximum absolute atomic E-state index is 10.8. The summed E-state index contributed by atoms with van der Waals surface area (Å²) in [5.74, 6) is 0.543. The van der Waals surface area contributed by atoms with Gasteiger partial charge in [-0.2, -0.15) is 0 Å². The van der Waals surface area contributed by atoms with Gasteiger partial charge in [0, 0.05) is 11.9 Å². The van der Waals surface area contributed by atoms with Crippen LogP contribution in [0.3, 0.4) is 0 Å². The fourth-order valence-electron chi connectivity index (χ4n) is 0.563. The van der Waals surface area contributed by atoms with Gasteiger partial charge in [0.2, 0.25) is 0 Å². The lowest BCUT2D eigenvalue weighted by Gasteiger charge is -2.00. The Morgan fingerprint density at radius 2 is 2.73 bits per heavy atom. The second kappa shape index (κ2) is 3.92. The topological polar surface area (TPSA) is 54.0 Å². The fourth-order valence-corrected chi connectivity index (χ4v) is 0.990. The Balaban J connectivity index is 2.37. The third-order valence-corrected chi connectivity index (χ3v) is 1.51. The molecule has 11 heavy (non-hydrogen) atoms. The number of aromatic nitrogens is 1. The number of anilines is 1. The van der Waals surface area contributed by atoms with E-state index in [0.717, 1.165) is 0 Å². The highest BCUT2D eigenvalue weighted by molar-refractivity contribution is 7.07. The molecule has 0 aliphatic rings. The molecule has 59 valence electrons. The van der Waals surface area contributed by atoms with Gasteiger partial charge in [-0.3, -0.25) is 5.32 Å². The van der Waals surface area contributed by atoms with Crippen LogP contribution in [0.2, 0.25) is 0 Å². The zero-order chi connectivity index (χ0) is 8.10. The van der Waals surface area contributed by atoms with Crippen LogP contribution in [0.25, 0.3) is 0 Å². The molecule has 1 aromatic heterocycles. The molecule has 0 atom stereocenters. The lowest BCUT2D eigenvalue weighted by atomic mass is 10.7. The SMILES string of the molecule is CCNC(=O)Nc1cs[c]n1. The molecule has 0 saturated carbocycles. The van der Waals surface area contributed by atoms with Crippen molar-refractivity contribution in [3.63, 3.8) is 0 Å². The molecule has 0 aliphatic heterocycles. The molecular formula is C6H8N3OS. The van der Waals surface area contributed by atoms with Gasteiger partial charge < -0.3 is 5.32 Å². The van der Waals surface area contributed by atoms with Gasteiger partial charge in [-0.05, 0) is 6.92 Å². The molecular weight excluding hydrogens is 162 g/mol. The standard InChI is InChI=1S/C6H8N3OS/c1-2-7-6(10)9-5-3-11-4-8-5/h3H,2H2,1H3,(H2,7,9,10). The highest BCUT2D eigenvalue weighted by Gasteiger charge is 1.99. The van der Waals surface area contributed by atoms with Crippen LogP contribution in [-0.4, -0.2) is 17.6 Å². The van der Waals surface area contributed by atoms with Gasteiger partial charge in [0.15, 0.2) is 5.51 Å². The van der Waals surface area contributed by atoms with Crippen molar-refractivity contribution in [2.75, 3.05) is 11.9 Å². The predicted molar refractivity (Wildman–Crippen MR) is 43.6 cm³/mol. The Kier molecular flexibility index (Phi) is 2.85. The Hall–Kier alpha value is -1.10. The number of amides is 2. The van der Waals surface area contributed by atoms with E-state index in [4.69, 9.17) is 0 Å². The molecule has 4 nitrogen and oxygen atoms in total. The van der Waals surface area contributed by atoms with E-state index < -0.39 is 0 Å². The minimum Gasteiger partial charge on any atom is -0.338 e. The summed E-state index contributed by atoms with van der Waals surface area (Å²) < 4.78 is 0. The van der Waals surface area contributed by atoms with Gasteiger partial charge in [-0.1, -0.05) is 0 Å². The van der Waals surface area contributed by atoms with Crippen LogP contribution >= 0.6 is 11.3 Å². The largest absolute Gasteiger partial charge is 0.338 e. The molecule has 1 heterocycles. The number of hydrogen-bond donors (Lipinski definition) is 2. The van der Waals surface area contributed by atoms with Crippen LogP contribution in [0.5, 0.6) is 0 Å². The van der Waals surface area contributed by atoms with Crippen LogP contribution in [-0.2, 0) is 0 Å². The average molecular weight is 170 g/mol. The van der Waals surface area contributed by atoms with E-state index in [2.05, 4.69) is 21.1 Å². The van der Waals surface area contributed by atoms with E-state index >= 15 is 0 Å². The summed E-state index contributed by atoms with van der Waals surface area (Å²) in [4.78, 5) is 14.6. The van der Waals surface area contributed by atoms with Gasteiger partial charge in [0.05, 0.1) is 0 Å². The van der Waals surface area contributed by atoms with Crippen LogP contribution in [0.4, 0.5) is 10.6 Å². The van der Waals surface area contributed by atoms with Crippen LogP contribution in [0.1, 0.15) is 6.92 Å². The number of urea groups is 1. The second-order valence-electron chi connectivity index (χ2n) is 1.81. The van der Waals surface area contributed by atoms with E-state index in [9.17, 15) is 4.79 Å². The number of hydrogen-bond acceptors (Lipinski definition) is 3. The average Bonchev–Trinajstić information content (AvgIpc) is 2.40. The molecule has 2 amide bonds. The van der Waals surface area contributed by atoms with Crippen molar-refractivity contribution in [1.82, 2.24) is 10.3 Å². The highest BCUT2D eigenvalue weighted by Crippen LogP contribution is 2.04. The van der Waals surface area contributed by atoms with Crippen molar-refractivity contribution in [2.24, 2.45) is 0 Å². The van der Waals surface area contributed by atoms with E-state index in [-0.39, 0.29) is 6.03 Å². The monoisotopic (exact) mass is 170 g/mol. The third kappa shape index (κ3) is 2.55. The number of nitrogens with zero attached hydrogens (tertiary/aromatic N) is 1. The Morgan fingerprint density at radius 3 is 3.27 bits per heavy atom. The maximum Gasteiger partial charge on any atom is 0.320 e. The second-order valence-corrected chi connectivity index (χ2v) is 2.46. The molecule has 0 aromatic carbocycles. The van der Waals surface area contributed by atoms with Gasteiger partial charge >= 0.3 is 6.03 Å². The third-order valence-electron chi connectivity index (χ3n) is 0.968. The normalized spacial score (nSPS) is 9.18. The van der Waals surface area contributed by atoms with Crippen LogP contribution < -0.4 is 10.6 Å². The zero-order valence-corrected chi connectivity index (χ0v) is 6.86. The lowest BCUT2D eigenvalue weighted by Crippen LogP contribution is -2.28. The van der Waals surface area contributed by atoms with Crippen LogP contribution in [0, 0.1) is 5.51 Å². The molecule has 1 aromatic rings. The van der Waals surface area contributed by atoms with Crippen molar-refractivity contribution in [1.29, 1.82) is 0 Å². The van der Waals surface area contributed by atoms with Gasteiger partial charge in [0.25, 0.3) is 0 Å². The lowest BCUT2D eigenvalue weighted by molar-refractivity contribution is 0.252. The van der Waals surface area contributed by atoms with Crippen molar-refractivity contribution in [3.8, 4) is 0 Å². The fraction of sp³-hybridized carbons (Fsp3) is 0.333. The number of carbonyl (C=O) groups excluding carboxylic acids is 1. The van der Waals surface area contributed by atoms with Gasteiger partial charge in [-0.15, -0.1) is 11.3 Å². The predicted octanol–water partition coefficient (Wildman–Crippen LogP) is 1.08. The van der Waals surface area contributed by atoms with Crippen LogP contribution in [0.15, 0.2) is 5.38 Å². The summed E-state index contributed by atoms with van der Waals surface area (Å²) in [6, 6.07) is -0.230. The van der Waals surface area contributed by atoms with Crippen molar-refractivity contribution >= 4 is 23.2 Å². The molecule has 0 fully saturated rings. The van der Waals surface area contributed by atoms with Crippen molar-refractivity contribution in [3.05, 3.63) is 10.9 Å². The molecule has 0 saturated heterocycles.